The highest BCUT2D eigenvalue weighted by atomic mass is 16.1. The molecule has 0 saturated carbocycles. The van der Waals surface area contributed by atoms with Gasteiger partial charge in [-0.05, 0) is 25.8 Å². The molecular formula is C13H24N4O. The molecular weight excluding hydrogens is 228 g/mol. The van der Waals surface area contributed by atoms with E-state index in [2.05, 4.69) is 17.3 Å². The van der Waals surface area contributed by atoms with Gasteiger partial charge in [-0.1, -0.05) is 13.3 Å². The molecule has 0 aliphatic carbocycles. The van der Waals surface area contributed by atoms with Gasteiger partial charge in [-0.25, -0.2) is 0 Å². The first-order valence-electron chi connectivity index (χ1n) is 6.65. The minimum atomic E-state index is 0.109. The third kappa shape index (κ3) is 4.87. The summed E-state index contributed by atoms with van der Waals surface area (Å²) in [4.78, 5) is 11.6. The maximum atomic E-state index is 11.6. The zero-order chi connectivity index (χ0) is 13.4. The fourth-order valence-corrected chi connectivity index (χ4v) is 1.92. The van der Waals surface area contributed by atoms with Crippen LogP contribution in [-0.2, 0) is 24.8 Å². The Morgan fingerprint density at radius 2 is 2.22 bits per heavy atom. The molecule has 1 aromatic rings. The monoisotopic (exact) mass is 252 g/mol. The molecule has 0 saturated heterocycles. The van der Waals surface area contributed by atoms with Crippen molar-refractivity contribution in [3.05, 3.63) is 17.5 Å². The fourth-order valence-electron chi connectivity index (χ4n) is 1.92. The van der Waals surface area contributed by atoms with Crippen molar-refractivity contribution in [2.24, 2.45) is 12.8 Å². The first kappa shape index (κ1) is 14.7. The van der Waals surface area contributed by atoms with Crippen LogP contribution in [-0.4, -0.2) is 22.2 Å². The van der Waals surface area contributed by atoms with E-state index in [0.717, 1.165) is 36.9 Å². The number of carbonyl (C=O) groups is 1. The minimum absolute atomic E-state index is 0.109. The van der Waals surface area contributed by atoms with Gasteiger partial charge >= 0.3 is 0 Å². The number of hydrogen-bond donors (Lipinski definition) is 2. The van der Waals surface area contributed by atoms with Crippen molar-refractivity contribution >= 4 is 5.91 Å². The molecule has 0 aromatic carbocycles. The van der Waals surface area contributed by atoms with Crippen molar-refractivity contribution in [2.75, 3.05) is 6.54 Å². The highest BCUT2D eigenvalue weighted by molar-refractivity contribution is 5.75. The maximum Gasteiger partial charge on any atom is 0.220 e. The van der Waals surface area contributed by atoms with Crippen molar-refractivity contribution in [3.63, 3.8) is 0 Å². The van der Waals surface area contributed by atoms with Gasteiger partial charge in [-0.15, -0.1) is 0 Å². The van der Waals surface area contributed by atoms with E-state index in [1.807, 2.05) is 13.2 Å². The molecule has 5 heteroatoms. The number of carbonyl (C=O) groups excluding carboxylic acids is 1. The van der Waals surface area contributed by atoms with Crippen LogP contribution in [0.25, 0.3) is 0 Å². The standard InChI is InChI=1S/C13H24N4O/c1-3-12-11(10-17(2)16-12)9-15-13(18)7-5-4-6-8-14/h10H,3-9,14H2,1-2H3,(H,15,18). The van der Waals surface area contributed by atoms with Gasteiger partial charge in [-0.3, -0.25) is 9.48 Å². The summed E-state index contributed by atoms with van der Waals surface area (Å²) in [5, 5.41) is 7.29. The normalized spacial score (nSPS) is 10.6. The van der Waals surface area contributed by atoms with Crippen LogP contribution in [0.2, 0.25) is 0 Å². The van der Waals surface area contributed by atoms with Crippen LogP contribution in [0, 0.1) is 0 Å². The van der Waals surface area contributed by atoms with Crippen LogP contribution < -0.4 is 11.1 Å². The number of hydrogen-bond acceptors (Lipinski definition) is 3. The second-order valence-electron chi connectivity index (χ2n) is 4.50. The first-order chi connectivity index (χ1) is 8.67. The molecule has 1 rings (SSSR count). The molecule has 0 aliphatic heterocycles. The van der Waals surface area contributed by atoms with E-state index in [-0.39, 0.29) is 5.91 Å². The summed E-state index contributed by atoms with van der Waals surface area (Å²) < 4.78 is 1.79. The SMILES string of the molecule is CCc1nn(C)cc1CNC(=O)CCCCCN. The summed E-state index contributed by atoms with van der Waals surface area (Å²) in [5.41, 5.74) is 7.57. The largest absolute Gasteiger partial charge is 0.352 e. The summed E-state index contributed by atoms with van der Waals surface area (Å²) in [6, 6.07) is 0. The Kier molecular flexibility index (Phi) is 6.43. The van der Waals surface area contributed by atoms with Crippen LogP contribution in [0.15, 0.2) is 6.20 Å². The zero-order valence-corrected chi connectivity index (χ0v) is 11.4. The molecule has 102 valence electrons. The molecule has 0 fully saturated rings. The molecule has 0 atom stereocenters. The molecule has 5 nitrogen and oxygen atoms in total. The lowest BCUT2D eigenvalue weighted by atomic mass is 10.1. The number of unbranched alkanes of at least 4 members (excludes halogenated alkanes) is 2. The van der Waals surface area contributed by atoms with Gasteiger partial charge in [0.1, 0.15) is 0 Å². The number of aryl methyl sites for hydroxylation is 2. The van der Waals surface area contributed by atoms with E-state index in [0.29, 0.717) is 19.5 Å². The fraction of sp³-hybridized carbons (Fsp3) is 0.692. The molecule has 0 aliphatic rings. The number of nitrogens with two attached hydrogens (primary N) is 1. The Morgan fingerprint density at radius 1 is 1.44 bits per heavy atom. The topological polar surface area (TPSA) is 72.9 Å². The lowest BCUT2D eigenvalue weighted by molar-refractivity contribution is -0.121. The second-order valence-corrected chi connectivity index (χ2v) is 4.50. The van der Waals surface area contributed by atoms with Crippen molar-refractivity contribution in [3.8, 4) is 0 Å². The summed E-state index contributed by atoms with van der Waals surface area (Å²) in [6.45, 7) is 3.35. The Balaban J connectivity index is 2.29. The van der Waals surface area contributed by atoms with E-state index in [1.165, 1.54) is 0 Å². The number of amides is 1. The van der Waals surface area contributed by atoms with E-state index < -0.39 is 0 Å². The zero-order valence-electron chi connectivity index (χ0n) is 11.4. The average molecular weight is 252 g/mol. The van der Waals surface area contributed by atoms with Crippen molar-refractivity contribution in [1.82, 2.24) is 15.1 Å². The second kappa shape index (κ2) is 7.87. The summed E-state index contributed by atoms with van der Waals surface area (Å²) in [6.07, 6.45) is 6.38. The Hall–Kier alpha value is -1.36. The molecule has 18 heavy (non-hydrogen) atoms. The summed E-state index contributed by atoms with van der Waals surface area (Å²) in [5.74, 6) is 0.109. The van der Waals surface area contributed by atoms with Gasteiger partial charge in [0, 0.05) is 31.8 Å². The quantitative estimate of drug-likeness (QED) is 0.681. The average Bonchev–Trinajstić information content (AvgIpc) is 2.72. The van der Waals surface area contributed by atoms with Gasteiger partial charge in [0.15, 0.2) is 0 Å². The van der Waals surface area contributed by atoms with Crippen LogP contribution in [0.1, 0.15) is 43.9 Å². The van der Waals surface area contributed by atoms with Gasteiger partial charge in [0.2, 0.25) is 5.91 Å². The minimum Gasteiger partial charge on any atom is -0.352 e. The van der Waals surface area contributed by atoms with Gasteiger partial charge in [-0.2, -0.15) is 5.10 Å². The number of rotatable bonds is 8. The number of aromatic nitrogens is 2. The Morgan fingerprint density at radius 3 is 2.89 bits per heavy atom. The maximum absolute atomic E-state index is 11.6. The van der Waals surface area contributed by atoms with E-state index >= 15 is 0 Å². The van der Waals surface area contributed by atoms with Crippen molar-refractivity contribution in [1.29, 1.82) is 0 Å². The van der Waals surface area contributed by atoms with Gasteiger partial charge in [0.25, 0.3) is 0 Å². The van der Waals surface area contributed by atoms with Crippen LogP contribution >= 0.6 is 0 Å². The first-order valence-corrected chi connectivity index (χ1v) is 6.65. The third-order valence-corrected chi connectivity index (χ3v) is 2.91. The summed E-state index contributed by atoms with van der Waals surface area (Å²) in [7, 11) is 1.90. The Labute approximate surface area is 109 Å². The van der Waals surface area contributed by atoms with Crippen molar-refractivity contribution in [2.45, 2.75) is 45.6 Å². The number of nitrogens with zero attached hydrogens (tertiary/aromatic N) is 2. The molecule has 3 N–H and O–H groups in total. The van der Waals surface area contributed by atoms with E-state index in [4.69, 9.17) is 5.73 Å². The third-order valence-electron chi connectivity index (χ3n) is 2.91. The van der Waals surface area contributed by atoms with Crippen LogP contribution in [0.4, 0.5) is 0 Å². The van der Waals surface area contributed by atoms with Gasteiger partial charge < -0.3 is 11.1 Å². The predicted molar refractivity (Wildman–Crippen MR) is 72.0 cm³/mol. The highest BCUT2D eigenvalue weighted by Crippen LogP contribution is 2.07. The molecule has 0 bridgehead atoms. The number of nitrogens with one attached hydrogen (secondary N) is 1. The smallest absolute Gasteiger partial charge is 0.220 e. The molecule has 0 unspecified atom stereocenters. The molecule has 1 heterocycles. The predicted octanol–water partition coefficient (Wildman–Crippen LogP) is 1.12. The molecule has 0 radical (unpaired) electrons. The van der Waals surface area contributed by atoms with E-state index in [9.17, 15) is 4.79 Å². The van der Waals surface area contributed by atoms with Crippen LogP contribution in [0.5, 0.6) is 0 Å². The highest BCUT2D eigenvalue weighted by Gasteiger charge is 2.07. The molecule has 1 aromatic heterocycles. The molecule has 0 spiro atoms. The lowest BCUT2D eigenvalue weighted by Crippen LogP contribution is -2.22. The lowest BCUT2D eigenvalue weighted by Gasteiger charge is -2.04. The van der Waals surface area contributed by atoms with Gasteiger partial charge in [0.05, 0.1) is 5.69 Å². The Bertz CT molecular complexity index is 373. The van der Waals surface area contributed by atoms with Crippen LogP contribution in [0.3, 0.4) is 0 Å². The molecule has 1 amide bonds. The van der Waals surface area contributed by atoms with Crippen molar-refractivity contribution < 1.29 is 4.79 Å². The van der Waals surface area contributed by atoms with E-state index in [1.54, 1.807) is 4.68 Å². The summed E-state index contributed by atoms with van der Waals surface area (Å²) >= 11 is 0.